The van der Waals surface area contributed by atoms with Gasteiger partial charge in [-0.2, -0.15) is 0 Å². The van der Waals surface area contributed by atoms with E-state index in [-0.39, 0.29) is 40.4 Å². The molecule has 4 heavy (non-hydrogen) atoms. The van der Waals surface area contributed by atoms with E-state index in [1.54, 1.807) is 0 Å². The minimum absolute atomic E-state index is 0. The Bertz CT molecular complexity index is 6.00. The standard InChI is InChI=1S/ClH.Cu.H2O.O/h1H;;1H2;/q;+2;;-2/p-1. The minimum atomic E-state index is 0. The van der Waals surface area contributed by atoms with Crippen molar-refractivity contribution in [1.29, 1.82) is 0 Å². The number of hydrogen-bond acceptors (Lipinski definition) is 0. The Morgan fingerprint density at radius 3 is 1.00 bits per heavy atom. The number of halogens is 1. The molecule has 0 spiro atoms. The zero-order valence-corrected chi connectivity index (χ0v) is 3.29. The molecule has 0 unspecified atom stereocenters. The van der Waals surface area contributed by atoms with Crippen LogP contribution in [0, 0.1) is 0 Å². The topological polar surface area (TPSA) is 60.0 Å². The quantitative estimate of drug-likeness (QED) is 0.303. The summed E-state index contributed by atoms with van der Waals surface area (Å²) in [6, 6.07) is 0. The summed E-state index contributed by atoms with van der Waals surface area (Å²) >= 11 is 0. The van der Waals surface area contributed by atoms with Crippen LogP contribution in [-0.4, -0.2) is 5.48 Å². The van der Waals surface area contributed by atoms with Crippen LogP contribution in [0.25, 0.3) is 0 Å². The molecular formula is H2ClCuO2-. The molecule has 0 aliphatic carbocycles. The van der Waals surface area contributed by atoms with Gasteiger partial charge >= 0.3 is 17.1 Å². The molecule has 0 atom stereocenters. The monoisotopic (exact) mass is 132 g/mol. The Morgan fingerprint density at radius 2 is 1.00 bits per heavy atom. The normalized spacial score (nSPS) is 0. The summed E-state index contributed by atoms with van der Waals surface area (Å²) in [5.74, 6) is 0. The van der Waals surface area contributed by atoms with E-state index in [9.17, 15) is 0 Å². The van der Waals surface area contributed by atoms with Gasteiger partial charge in [0.25, 0.3) is 0 Å². The average Bonchev–Trinajstić information content (AvgIpc) is 0. The van der Waals surface area contributed by atoms with E-state index in [1.807, 2.05) is 0 Å². The second-order valence-corrected chi connectivity index (χ2v) is 0. The van der Waals surface area contributed by atoms with E-state index in [1.165, 1.54) is 0 Å². The third-order valence-electron chi connectivity index (χ3n) is 0. The van der Waals surface area contributed by atoms with Crippen LogP contribution >= 0.6 is 0 Å². The molecule has 33 valence electrons. The van der Waals surface area contributed by atoms with Gasteiger partial charge in [-0.1, -0.05) is 0 Å². The largest absolute Gasteiger partial charge is 2.00 e. The van der Waals surface area contributed by atoms with Crippen molar-refractivity contribution in [2.24, 2.45) is 0 Å². The molecule has 0 aromatic heterocycles. The SMILES string of the molecule is O.[Cl-].[Cu+2].[O-2]. The van der Waals surface area contributed by atoms with Gasteiger partial charge in [0, 0.05) is 0 Å². The maximum atomic E-state index is 0. The van der Waals surface area contributed by atoms with E-state index < -0.39 is 0 Å². The van der Waals surface area contributed by atoms with Gasteiger partial charge in [0.15, 0.2) is 0 Å². The van der Waals surface area contributed by atoms with Crippen molar-refractivity contribution in [3.8, 4) is 0 Å². The van der Waals surface area contributed by atoms with Crippen LogP contribution in [0.15, 0.2) is 0 Å². The van der Waals surface area contributed by atoms with Crippen LogP contribution in [0.1, 0.15) is 0 Å². The summed E-state index contributed by atoms with van der Waals surface area (Å²) in [7, 11) is 0. The van der Waals surface area contributed by atoms with Crippen molar-refractivity contribution in [1.82, 2.24) is 0 Å². The van der Waals surface area contributed by atoms with Crippen LogP contribution in [0.3, 0.4) is 0 Å². The zero-order chi connectivity index (χ0) is 0. The van der Waals surface area contributed by atoms with Crippen LogP contribution in [0.5, 0.6) is 0 Å². The van der Waals surface area contributed by atoms with Gasteiger partial charge in [-0.05, 0) is 0 Å². The van der Waals surface area contributed by atoms with E-state index in [0.29, 0.717) is 0 Å². The fourth-order valence-electron chi connectivity index (χ4n) is 0. The van der Waals surface area contributed by atoms with Gasteiger partial charge in [0.2, 0.25) is 0 Å². The Hall–Kier alpha value is 0.729. The molecule has 0 aliphatic heterocycles. The Kier molecular flexibility index (Phi) is 1610. The summed E-state index contributed by atoms with van der Waals surface area (Å²) in [4.78, 5) is 0. The molecule has 0 aromatic rings. The fourth-order valence-corrected chi connectivity index (χ4v) is 0. The molecule has 2 N–H and O–H groups in total. The Labute approximate surface area is 41.1 Å². The summed E-state index contributed by atoms with van der Waals surface area (Å²) in [6.45, 7) is 0. The van der Waals surface area contributed by atoms with E-state index in [2.05, 4.69) is 0 Å². The summed E-state index contributed by atoms with van der Waals surface area (Å²) < 4.78 is 0. The van der Waals surface area contributed by atoms with Crippen molar-refractivity contribution in [2.75, 3.05) is 0 Å². The van der Waals surface area contributed by atoms with Crippen LogP contribution in [-0.2, 0) is 22.5 Å². The predicted molar refractivity (Wildman–Crippen MR) is 4.30 cm³/mol. The van der Waals surface area contributed by atoms with E-state index >= 15 is 0 Å². The van der Waals surface area contributed by atoms with Crippen molar-refractivity contribution < 1.29 is 40.4 Å². The molecule has 4 heteroatoms. The van der Waals surface area contributed by atoms with Crippen molar-refractivity contribution in [3.63, 3.8) is 0 Å². The summed E-state index contributed by atoms with van der Waals surface area (Å²) in [5.41, 5.74) is 0. The maximum absolute atomic E-state index is 0. The van der Waals surface area contributed by atoms with Crippen molar-refractivity contribution >= 4 is 0 Å². The minimum Gasteiger partial charge on any atom is -2.00 e. The molecule has 2 nitrogen and oxygen atoms in total. The molecule has 0 rings (SSSR count). The zero-order valence-electron chi connectivity index (χ0n) is 1.59. The average molecular weight is 133 g/mol. The first-order chi connectivity index (χ1) is 0. The summed E-state index contributed by atoms with van der Waals surface area (Å²) in [6.07, 6.45) is 0. The molecule has 0 saturated carbocycles. The fraction of sp³-hybridized carbons (Fsp3) is 0. The molecule has 0 amide bonds. The first kappa shape index (κ1) is 124. The van der Waals surface area contributed by atoms with Gasteiger partial charge < -0.3 is 23.4 Å². The van der Waals surface area contributed by atoms with Gasteiger partial charge in [-0.3, -0.25) is 0 Å². The van der Waals surface area contributed by atoms with E-state index in [0.717, 1.165) is 0 Å². The van der Waals surface area contributed by atoms with Crippen molar-refractivity contribution in [3.05, 3.63) is 0 Å². The molecular weight excluding hydrogens is 131 g/mol. The van der Waals surface area contributed by atoms with Gasteiger partial charge in [-0.15, -0.1) is 0 Å². The molecule has 0 fully saturated rings. The smallest absolute Gasteiger partial charge is 2.00 e. The summed E-state index contributed by atoms with van der Waals surface area (Å²) in [5, 5.41) is 0. The maximum Gasteiger partial charge on any atom is 2.00 e. The number of rotatable bonds is 0. The van der Waals surface area contributed by atoms with Crippen LogP contribution in [0.2, 0.25) is 0 Å². The van der Waals surface area contributed by atoms with Crippen LogP contribution in [0.4, 0.5) is 0 Å². The molecule has 1 radical (unpaired) electrons. The third kappa shape index (κ3) is 15.3. The second kappa shape index (κ2) is 52.2. The van der Waals surface area contributed by atoms with Gasteiger partial charge in [0.05, 0.1) is 0 Å². The van der Waals surface area contributed by atoms with Gasteiger partial charge in [-0.25, -0.2) is 0 Å². The molecule has 0 aliphatic rings. The molecule has 0 heterocycles. The molecule has 0 aromatic carbocycles. The first-order valence-electron chi connectivity index (χ1n) is 0. The van der Waals surface area contributed by atoms with Gasteiger partial charge in [0.1, 0.15) is 0 Å². The van der Waals surface area contributed by atoms with Crippen molar-refractivity contribution in [2.45, 2.75) is 0 Å². The van der Waals surface area contributed by atoms with E-state index in [4.69, 9.17) is 0 Å². The number of hydrogen-bond donors (Lipinski definition) is 0. The first-order valence-corrected chi connectivity index (χ1v) is 0. The Morgan fingerprint density at radius 1 is 1.00 bits per heavy atom. The Balaban J connectivity index is 0. The molecule has 0 bridgehead atoms. The second-order valence-electron chi connectivity index (χ2n) is 0. The predicted octanol–water partition coefficient (Wildman–Crippen LogP) is -3.94. The third-order valence-corrected chi connectivity index (χ3v) is 0. The van der Waals surface area contributed by atoms with Crippen LogP contribution < -0.4 is 12.4 Å². The molecule has 0 saturated heterocycles.